The highest BCUT2D eigenvalue weighted by atomic mass is 19.1. The molecule has 0 spiro atoms. The van der Waals surface area contributed by atoms with E-state index in [1.807, 2.05) is 25.1 Å². The molecule has 0 heterocycles. The molecule has 0 aliphatic carbocycles. The fraction of sp³-hybridized carbons (Fsp3) is 0.333. The van der Waals surface area contributed by atoms with Crippen LogP contribution in [-0.2, 0) is 0 Å². The van der Waals surface area contributed by atoms with E-state index >= 15 is 0 Å². The summed E-state index contributed by atoms with van der Waals surface area (Å²) < 4.78 is 12.6. The lowest BCUT2D eigenvalue weighted by Crippen LogP contribution is -2.10. The van der Waals surface area contributed by atoms with Gasteiger partial charge in [-0.2, -0.15) is 0 Å². The molecule has 0 amide bonds. The van der Waals surface area contributed by atoms with Gasteiger partial charge in [0.15, 0.2) is 0 Å². The molecule has 82 valence electrons. The number of aliphatic hydroxyl groups excluding tert-OH is 1. The summed E-state index contributed by atoms with van der Waals surface area (Å²) in [4.78, 5) is 1.99. The molecule has 0 saturated carbocycles. The third-order valence-electron chi connectivity index (χ3n) is 2.00. The van der Waals surface area contributed by atoms with Crippen LogP contribution in [0.4, 0.5) is 4.39 Å². The highest BCUT2D eigenvalue weighted by molar-refractivity contribution is 5.21. The summed E-state index contributed by atoms with van der Waals surface area (Å²) in [6.07, 6.45) is 2.92. The van der Waals surface area contributed by atoms with Crippen molar-refractivity contribution in [3.05, 3.63) is 47.8 Å². The monoisotopic (exact) mass is 209 g/mol. The fourth-order valence-electron chi connectivity index (χ4n) is 1.17. The van der Waals surface area contributed by atoms with Crippen molar-refractivity contribution in [1.82, 2.24) is 4.90 Å². The van der Waals surface area contributed by atoms with Crippen molar-refractivity contribution in [2.24, 2.45) is 0 Å². The number of halogens is 1. The largest absolute Gasteiger partial charge is 0.384 e. The zero-order chi connectivity index (χ0) is 11.3. The second kappa shape index (κ2) is 5.63. The first kappa shape index (κ1) is 11.9. The molecule has 1 atom stereocenters. The van der Waals surface area contributed by atoms with Gasteiger partial charge < -0.3 is 10.0 Å². The topological polar surface area (TPSA) is 23.5 Å². The van der Waals surface area contributed by atoms with Crippen LogP contribution in [0, 0.1) is 5.82 Å². The Morgan fingerprint density at radius 2 is 1.93 bits per heavy atom. The van der Waals surface area contributed by atoms with Gasteiger partial charge in [-0.05, 0) is 31.8 Å². The number of hydrogen-bond donors (Lipinski definition) is 1. The first-order chi connectivity index (χ1) is 7.09. The van der Waals surface area contributed by atoms with E-state index < -0.39 is 6.10 Å². The quantitative estimate of drug-likeness (QED) is 0.766. The Kier molecular flexibility index (Phi) is 4.46. The smallest absolute Gasteiger partial charge is 0.123 e. The summed E-state index contributed by atoms with van der Waals surface area (Å²) in [5, 5.41) is 9.70. The molecule has 15 heavy (non-hydrogen) atoms. The fourth-order valence-corrected chi connectivity index (χ4v) is 1.17. The van der Waals surface area contributed by atoms with Gasteiger partial charge in [-0.15, -0.1) is 0 Å². The van der Waals surface area contributed by atoms with Gasteiger partial charge in [0.1, 0.15) is 5.82 Å². The molecule has 1 N–H and O–H groups in total. The van der Waals surface area contributed by atoms with Crippen LogP contribution >= 0.6 is 0 Å². The summed E-state index contributed by atoms with van der Waals surface area (Å²) >= 11 is 0. The standard InChI is InChI=1S/C12H16FNO/c1-14(2)9-3-4-12(15)10-5-7-11(13)8-6-10/h3-8,12,15H,9H2,1-2H3/b4-3+. The zero-order valence-corrected chi connectivity index (χ0v) is 9.02. The minimum atomic E-state index is -0.662. The highest BCUT2D eigenvalue weighted by Crippen LogP contribution is 2.14. The first-order valence-corrected chi connectivity index (χ1v) is 4.84. The van der Waals surface area contributed by atoms with E-state index in [9.17, 15) is 9.50 Å². The number of rotatable bonds is 4. The van der Waals surface area contributed by atoms with E-state index in [0.29, 0.717) is 5.56 Å². The highest BCUT2D eigenvalue weighted by Gasteiger charge is 2.02. The summed E-state index contributed by atoms with van der Waals surface area (Å²) in [6, 6.07) is 5.86. The minimum Gasteiger partial charge on any atom is -0.384 e. The summed E-state index contributed by atoms with van der Waals surface area (Å²) in [5.41, 5.74) is 0.700. The van der Waals surface area contributed by atoms with E-state index in [1.165, 1.54) is 12.1 Å². The Morgan fingerprint density at radius 1 is 1.33 bits per heavy atom. The van der Waals surface area contributed by atoms with E-state index in [4.69, 9.17) is 0 Å². The summed E-state index contributed by atoms with van der Waals surface area (Å²) in [6.45, 7) is 0.776. The molecule has 0 fully saturated rings. The van der Waals surface area contributed by atoms with Crippen molar-refractivity contribution in [2.45, 2.75) is 6.10 Å². The molecule has 0 saturated heterocycles. The van der Waals surface area contributed by atoms with Crippen molar-refractivity contribution in [1.29, 1.82) is 0 Å². The normalized spacial score (nSPS) is 13.7. The van der Waals surface area contributed by atoms with Gasteiger partial charge in [-0.1, -0.05) is 24.3 Å². The lowest BCUT2D eigenvalue weighted by Gasteiger charge is -2.07. The maximum Gasteiger partial charge on any atom is 0.123 e. The van der Waals surface area contributed by atoms with Crippen molar-refractivity contribution in [3.8, 4) is 0 Å². The van der Waals surface area contributed by atoms with E-state index in [-0.39, 0.29) is 5.82 Å². The molecule has 1 rings (SSSR count). The first-order valence-electron chi connectivity index (χ1n) is 4.84. The van der Waals surface area contributed by atoms with Crippen LogP contribution in [0.25, 0.3) is 0 Å². The second-order valence-electron chi connectivity index (χ2n) is 3.69. The van der Waals surface area contributed by atoms with Gasteiger partial charge in [0.25, 0.3) is 0 Å². The van der Waals surface area contributed by atoms with E-state index in [2.05, 4.69) is 0 Å². The summed E-state index contributed by atoms with van der Waals surface area (Å²) in [5.74, 6) is -0.289. The predicted octanol–water partition coefficient (Wildman–Crippen LogP) is 1.98. The Hall–Kier alpha value is -1.19. The molecule has 0 radical (unpaired) electrons. The molecular weight excluding hydrogens is 193 g/mol. The Labute approximate surface area is 89.7 Å². The van der Waals surface area contributed by atoms with Crippen molar-refractivity contribution in [2.75, 3.05) is 20.6 Å². The summed E-state index contributed by atoms with van der Waals surface area (Å²) in [7, 11) is 3.91. The van der Waals surface area contributed by atoms with Gasteiger partial charge in [-0.25, -0.2) is 4.39 Å². The van der Waals surface area contributed by atoms with Crippen LogP contribution in [0.3, 0.4) is 0 Å². The molecule has 0 aliphatic rings. The van der Waals surface area contributed by atoms with Gasteiger partial charge in [-0.3, -0.25) is 0 Å². The van der Waals surface area contributed by atoms with Crippen LogP contribution in [0.2, 0.25) is 0 Å². The van der Waals surface area contributed by atoms with Crippen LogP contribution < -0.4 is 0 Å². The van der Waals surface area contributed by atoms with Crippen LogP contribution in [0.5, 0.6) is 0 Å². The third-order valence-corrected chi connectivity index (χ3v) is 2.00. The minimum absolute atomic E-state index is 0.289. The molecule has 1 aromatic rings. The number of nitrogens with zero attached hydrogens (tertiary/aromatic N) is 1. The molecule has 0 bridgehead atoms. The molecule has 2 nitrogen and oxygen atoms in total. The maximum atomic E-state index is 12.6. The molecule has 1 unspecified atom stereocenters. The lowest BCUT2D eigenvalue weighted by molar-refractivity contribution is 0.228. The SMILES string of the molecule is CN(C)C/C=C/C(O)c1ccc(F)cc1. The third kappa shape index (κ3) is 4.23. The number of benzene rings is 1. The van der Waals surface area contributed by atoms with Gasteiger partial charge in [0.05, 0.1) is 6.10 Å². The van der Waals surface area contributed by atoms with Crippen molar-refractivity contribution < 1.29 is 9.50 Å². The van der Waals surface area contributed by atoms with E-state index in [0.717, 1.165) is 6.54 Å². The Morgan fingerprint density at radius 3 is 2.47 bits per heavy atom. The predicted molar refractivity (Wildman–Crippen MR) is 59.1 cm³/mol. The van der Waals surface area contributed by atoms with Gasteiger partial charge in [0.2, 0.25) is 0 Å². The van der Waals surface area contributed by atoms with Crippen LogP contribution in [-0.4, -0.2) is 30.6 Å². The molecule has 0 aromatic heterocycles. The average molecular weight is 209 g/mol. The Balaban J connectivity index is 2.57. The number of hydrogen-bond acceptors (Lipinski definition) is 2. The molecule has 0 aliphatic heterocycles. The molecular formula is C12H16FNO. The zero-order valence-electron chi connectivity index (χ0n) is 9.02. The molecule has 1 aromatic carbocycles. The number of likely N-dealkylation sites (N-methyl/N-ethyl adjacent to an activating group) is 1. The Bertz CT molecular complexity index is 319. The molecule has 3 heteroatoms. The van der Waals surface area contributed by atoms with Gasteiger partial charge >= 0.3 is 0 Å². The van der Waals surface area contributed by atoms with Crippen LogP contribution in [0.1, 0.15) is 11.7 Å². The van der Waals surface area contributed by atoms with Gasteiger partial charge in [0, 0.05) is 6.54 Å². The van der Waals surface area contributed by atoms with E-state index in [1.54, 1.807) is 18.2 Å². The average Bonchev–Trinajstić information content (AvgIpc) is 2.18. The van der Waals surface area contributed by atoms with Crippen molar-refractivity contribution >= 4 is 0 Å². The number of aliphatic hydroxyl groups is 1. The van der Waals surface area contributed by atoms with Crippen molar-refractivity contribution in [3.63, 3.8) is 0 Å². The van der Waals surface area contributed by atoms with Crippen LogP contribution in [0.15, 0.2) is 36.4 Å². The maximum absolute atomic E-state index is 12.6. The second-order valence-corrected chi connectivity index (χ2v) is 3.69. The lowest BCUT2D eigenvalue weighted by atomic mass is 10.1.